The average Bonchev–Trinajstić information content (AvgIpc) is 2.89. The molecule has 2 heteroatoms. The van der Waals surface area contributed by atoms with Gasteiger partial charge in [-0.2, -0.15) is 0 Å². The Morgan fingerprint density at radius 3 is 2.69 bits per heavy atom. The van der Waals surface area contributed by atoms with Crippen LogP contribution >= 0.6 is 0 Å². The van der Waals surface area contributed by atoms with Crippen LogP contribution in [-0.4, -0.2) is 9.55 Å². The van der Waals surface area contributed by atoms with E-state index < -0.39 is 0 Å². The van der Waals surface area contributed by atoms with Gasteiger partial charge in [-0.1, -0.05) is 12.8 Å². The van der Waals surface area contributed by atoms with Crippen LogP contribution in [-0.2, 0) is 19.4 Å². The van der Waals surface area contributed by atoms with E-state index in [0.717, 1.165) is 5.92 Å². The molecule has 0 bridgehead atoms. The molecule has 0 radical (unpaired) electrons. The zero-order chi connectivity index (χ0) is 11.0. The first-order valence-corrected chi connectivity index (χ1v) is 6.89. The minimum Gasteiger partial charge on any atom is -0.332 e. The van der Waals surface area contributed by atoms with E-state index in [2.05, 4.69) is 11.5 Å². The predicted octanol–water partition coefficient (Wildman–Crippen LogP) is 3.26. The summed E-state index contributed by atoms with van der Waals surface area (Å²) >= 11 is 0. The number of hydrogen-bond acceptors (Lipinski definition) is 1. The van der Waals surface area contributed by atoms with E-state index in [1.165, 1.54) is 69.4 Å². The fraction of sp³-hybridized carbons (Fsp3) is 0.786. The van der Waals surface area contributed by atoms with Gasteiger partial charge in [-0.3, -0.25) is 0 Å². The summed E-state index contributed by atoms with van der Waals surface area (Å²) in [5.41, 5.74) is 2.97. The van der Waals surface area contributed by atoms with Crippen molar-refractivity contribution >= 4 is 0 Å². The average molecular weight is 218 g/mol. The molecular formula is C14H22N2. The topological polar surface area (TPSA) is 17.8 Å². The maximum atomic E-state index is 4.76. The van der Waals surface area contributed by atoms with Crippen LogP contribution in [0.1, 0.15) is 55.7 Å². The van der Waals surface area contributed by atoms with Crippen molar-refractivity contribution in [3.05, 3.63) is 17.2 Å². The Balaban J connectivity index is 1.84. The zero-order valence-corrected chi connectivity index (χ0v) is 10.3. The lowest BCUT2D eigenvalue weighted by Crippen LogP contribution is -2.14. The minimum absolute atomic E-state index is 0.930. The largest absolute Gasteiger partial charge is 0.332 e. The third kappa shape index (κ3) is 1.79. The van der Waals surface area contributed by atoms with Gasteiger partial charge >= 0.3 is 0 Å². The third-order valence-corrected chi connectivity index (χ3v) is 4.34. The highest BCUT2D eigenvalue weighted by atomic mass is 15.1. The zero-order valence-electron chi connectivity index (χ0n) is 10.3. The van der Waals surface area contributed by atoms with Gasteiger partial charge in [0.2, 0.25) is 0 Å². The molecule has 2 aliphatic rings. The summed E-state index contributed by atoms with van der Waals surface area (Å²) in [5, 5.41) is 0. The van der Waals surface area contributed by atoms with Crippen LogP contribution in [0.15, 0.2) is 0 Å². The fourth-order valence-corrected chi connectivity index (χ4v) is 3.43. The summed E-state index contributed by atoms with van der Waals surface area (Å²) in [6.07, 6.45) is 11.0. The van der Waals surface area contributed by atoms with Crippen LogP contribution in [0.2, 0.25) is 0 Å². The van der Waals surface area contributed by atoms with Gasteiger partial charge in [0.25, 0.3) is 0 Å². The predicted molar refractivity (Wildman–Crippen MR) is 65.6 cm³/mol. The van der Waals surface area contributed by atoms with Gasteiger partial charge in [0.1, 0.15) is 5.82 Å². The van der Waals surface area contributed by atoms with Crippen molar-refractivity contribution in [2.24, 2.45) is 5.92 Å². The van der Waals surface area contributed by atoms with Gasteiger partial charge in [0.15, 0.2) is 0 Å². The SMILES string of the molecule is Cc1nc2c(n1CC1CCCC1)CCCC2. The van der Waals surface area contributed by atoms with E-state index in [1.54, 1.807) is 5.69 Å². The van der Waals surface area contributed by atoms with E-state index in [4.69, 9.17) is 4.98 Å². The van der Waals surface area contributed by atoms with E-state index in [1.807, 2.05) is 0 Å². The molecule has 1 aromatic rings. The lowest BCUT2D eigenvalue weighted by Gasteiger charge is -2.17. The van der Waals surface area contributed by atoms with Gasteiger partial charge in [-0.05, 0) is 51.4 Å². The summed E-state index contributed by atoms with van der Waals surface area (Å²) in [7, 11) is 0. The molecule has 1 aromatic heterocycles. The second-order valence-corrected chi connectivity index (χ2v) is 5.52. The standard InChI is InChI=1S/C14H22N2/c1-11-15-13-8-4-5-9-14(13)16(11)10-12-6-2-3-7-12/h12H,2-10H2,1H3. The van der Waals surface area contributed by atoms with Crippen LogP contribution in [0.25, 0.3) is 0 Å². The second kappa shape index (κ2) is 4.23. The number of fused-ring (bicyclic) bond motifs is 1. The molecule has 3 rings (SSSR count). The number of nitrogens with zero attached hydrogens (tertiary/aromatic N) is 2. The molecule has 0 unspecified atom stereocenters. The number of rotatable bonds is 2. The molecule has 88 valence electrons. The molecule has 0 N–H and O–H groups in total. The third-order valence-electron chi connectivity index (χ3n) is 4.34. The van der Waals surface area contributed by atoms with E-state index in [0.29, 0.717) is 0 Å². The second-order valence-electron chi connectivity index (χ2n) is 5.52. The first-order chi connectivity index (χ1) is 7.84. The molecule has 0 aliphatic heterocycles. The summed E-state index contributed by atoms with van der Waals surface area (Å²) in [4.78, 5) is 4.76. The Bertz CT molecular complexity index is 372. The number of imidazole rings is 1. The summed E-state index contributed by atoms with van der Waals surface area (Å²) in [6.45, 7) is 3.43. The van der Waals surface area contributed by atoms with Crippen molar-refractivity contribution in [3.63, 3.8) is 0 Å². The molecule has 1 heterocycles. The lowest BCUT2D eigenvalue weighted by molar-refractivity contribution is 0.438. The quantitative estimate of drug-likeness (QED) is 0.745. The highest BCUT2D eigenvalue weighted by molar-refractivity contribution is 5.20. The molecule has 2 nitrogen and oxygen atoms in total. The Hall–Kier alpha value is -0.790. The molecule has 2 aliphatic carbocycles. The van der Waals surface area contributed by atoms with Crippen molar-refractivity contribution in [2.45, 2.75) is 64.8 Å². The molecule has 0 saturated heterocycles. The van der Waals surface area contributed by atoms with Crippen LogP contribution in [0.3, 0.4) is 0 Å². The molecule has 0 spiro atoms. The molecule has 0 amide bonds. The summed E-state index contributed by atoms with van der Waals surface area (Å²) in [5.74, 6) is 2.19. The Labute approximate surface area is 98.1 Å². The highest BCUT2D eigenvalue weighted by Crippen LogP contribution is 2.29. The maximum Gasteiger partial charge on any atom is 0.106 e. The molecule has 1 saturated carbocycles. The van der Waals surface area contributed by atoms with Crippen LogP contribution < -0.4 is 0 Å². The maximum absolute atomic E-state index is 4.76. The molecular weight excluding hydrogens is 196 g/mol. The smallest absolute Gasteiger partial charge is 0.106 e. The molecule has 16 heavy (non-hydrogen) atoms. The minimum atomic E-state index is 0.930. The van der Waals surface area contributed by atoms with Gasteiger partial charge in [-0.25, -0.2) is 4.98 Å². The van der Waals surface area contributed by atoms with Crippen molar-refractivity contribution < 1.29 is 0 Å². The van der Waals surface area contributed by atoms with E-state index in [9.17, 15) is 0 Å². The van der Waals surface area contributed by atoms with Crippen molar-refractivity contribution in [3.8, 4) is 0 Å². The summed E-state index contributed by atoms with van der Waals surface area (Å²) < 4.78 is 2.53. The van der Waals surface area contributed by atoms with Gasteiger partial charge in [-0.15, -0.1) is 0 Å². The number of hydrogen-bond donors (Lipinski definition) is 0. The monoisotopic (exact) mass is 218 g/mol. The molecule has 0 aromatic carbocycles. The number of aromatic nitrogens is 2. The lowest BCUT2D eigenvalue weighted by atomic mass is 10.0. The van der Waals surface area contributed by atoms with E-state index in [-0.39, 0.29) is 0 Å². The Kier molecular flexibility index (Phi) is 2.74. The Morgan fingerprint density at radius 1 is 1.12 bits per heavy atom. The van der Waals surface area contributed by atoms with Crippen molar-refractivity contribution in [1.82, 2.24) is 9.55 Å². The molecule has 1 fully saturated rings. The Morgan fingerprint density at radius 2 is 1.88 bits per heavy atom. The number of aryl methyl sites for hydroxylation is 2. The highest BCUT2D eigenvalue weighted by Gasteiger charge is 2.21. The van der Waals surface area contributed by atoms with Crippen LogP contribution in [0, 0.1) is 12.8 Å². The van der Waals surface area contributed by atoms with Crippen LogP contribution in [0.5, 0.6) is 0 Å². The normalized spacial score (nSPS) is 21.3. The van der Waals surface area contributed by atoms with Gasteiger partial charge in [0.05, 0.1) is 5.69 Å². The first-order valence-electron chi connectivity index (χ1n) is 6.89. The van der Waals surface area contributed by atoms with Gasteiger partial charge in [0, 0.05) is 12.2 Å². The van der Waals surface area contributed by atoms with E-state index >= 15 is 0 Å². The fourth-order valence-electron chi connectivity index (χ4n) is 3.43. The summed E-state index contributed by atoms with van der Waals surface area (Å²) in [6, 6.07) is 0. The first kappa shape index (κ1) is 10.4. The van der Waals surface area contributed by atoms with Crippen molar-refractivity contribution in [1.29, 1.82) is 0 Å². The van der Waals surface area contributed by atoms with Crippen molar-refractivity contribution in [2.75, 3.05) is 0 Å². The molecule has 0 atom stereocenters. The van der Waals surface area contributed by atoms with Gasteiger partial charge < -0.3 is 4.57 Å². The van der Waals surface area contributed by atoms with Crippen LogP contribution in [0.4, 0.5) is 0 Å².